The second-order valence-corrected chi connectivity index (χ2v) is 8.22. The minimum absolute atomic E-state index is 0.125. The first-order valence-corrected chi connectivity index (χ1v) is 10.7. The molecule has 2 N–H and O–H groups in total. The van der Waals surface area contributed by atoms with Crippen molar-refractivity contribution in [1.29, 1.82) is 0 Å². The SMILES string of the molecule is COc1ncc(Cl)cc1CNc1ccc(F)c(COc2cnc3[nH]ccc3c2C(C)C)c1F. The highest BCUT2D eigenvalue weighted by molar-refractivity contribution is 6.30. The van der Waals surface area contributed by atoms with Crippen molar-refractivity contribution >= 4 is 28.3 Å². The van der Waals surface area contributed by atoms with Crippen LogP contribution in [0.3, 0.4) is 0 Å². The Hall–Kier alpha value is -3.39. The van der Waals surface area contributed by atoms with Crippen molar-refractivity contribution in [3.8, 4) is 11.6 Å². The average molecular weight is 473 g/mol. The lowest BCUT2D eigenvalue weighted by molar-refractivity contribution is 0.288. The lowest BCUT2D eigenvalue weighted by Crippen LogP contribution is -2.09. The molecule has 9 heteroatoms. The molecule has 0 saturated heterocycles. The number of rotatable bonds is 8. The van der Waals surface area contributed by atoms with Gasteiger partial charge in [-0.05, 0) is 30.2 Å². The summed E-state index contributed by atoms with van der Waals surface area (Å²) in [6.07, 6.45) is 4.83. The highest BCUT2D eigenvalue weighted by atomic mass is 35.5. The van der Waals surface area contributed by atoms with Gasteiger partial charge in [0.2, 0.25) is 5.88 Å². The van der Waals surface area contributed by atoms with Crippen molar-refractivity contribution in [2.24, 2.45) is 0 Å². The molecule has 3 aromatic heterocycles. The molecule has 4 rings (SSSR count). The fraction of sp³-hybridized carbons (Fsp3) is 0.250. The quantitative estimate of drug-likeness (QED) is 0.319. The predicted octanol–water partition coefficient (Wildman–Crippen LogP) is 6.21. The van der Waals surface area contributed by atoms with E-state index in [1.54, 1.807) is 18.5 Å². The summed E-state index contributed by atoms with van der Waals surface area (Å²) in [5.74, 6) is -0.436. The normalized spacial score (nSPS) is 11.2. The van der Waals surface area contributed by atoms with Gasteiger partial charge in [0.1, 0.15) is 23.8 Å². The van der Waals surface area contributed by atoms with E-state index in [0.717, 1.165) is 16.6 Å². The Labute approximate surface area is 194 Å². The zero-order valence-electron chi connectivity index (χ0n) is 18.4. The molecule has 0 fully saturated rings. The first-order valence-electron chi connectivity index (χ1n) is 10.4. The number of hydrogen-bond donors (Lipinski definition) is 2. The molecule has 0 radical (unpaired) electrons. The summed E-state index contributed by atoms with van der Waals surface area (Å²) in [5.41, 5.74) is 2.25. The maximum atomic E-state index is 15.2. The van der Waals surface area contributed by atoms with Gasteiger partial charge in [0.15, 0.2) is 5.82 Å². The summed E-state index contributed by atoms with van der Waals surface area (Å²) >= 11 is 6.00. The number of nitrogens with one attached hydrogen (secondary N) is 2. The minimum Gasteiger partial charge on any atom is -0.487 e. The summed E-state index contributed by atoms with van der Waals surface area (Å²) in [7, 11) is 1.48. The van der Waals surface area contributed by atoms with E-state index in [-0.39, 0.29) is 30.3 Å². The molecule has 3 heterocycles. The smallest absolute Gasteiger partial charge is 0.218 e. The number of halogens is 3. The molecule has 0 spiro atoms. The summed E-state index contributed by atoms with van der Waals surface area (Å²) in [4.78, 5) is 11.5. The van der Waals surface area contributed by atoms with E-state index in [9.17, 15) is 4.39 Å². The van der Waals surface area contributed by atoms with Crippen molar-refractivity contribution in [2.45, 2.75) is 32.9 Å². The molecular weight excluding hydrogens is 450 g/mol. The molecular formula is C24H23ClF2N4O2. The van der Waals surface area contributed by atoms with Crippen LogP contribution in [0.15, 0.2) is 42.9 Å². The van der Waals surface area contributed by atoms with Crippen LogP contribution in [0.1, 0.15) is 36.5 Å². The van der Waals surface area contributed by atoms with E-state index in [4.69, 9.17) is 21.1 Å². The molecule has 6 nitrogen and oxygen atoms in total. The molecule has 0 aliphatic heterocycles. The number of H-pyrrole nitrogens is 1. The first kappa shape index (κ1) is 22.8. The van der Waals surface area contributed by atoms with Gasteiger partial charge in [-0.1, -0.05) is 25.4 Å². The maximum absolute atomic E-state index is 15.2. The minimum atomic E-state index is -0.731. The molecule has 0 atom stereocenters. The van der Waals surface area contributed by atoms with Crippen LogP contribution in [0, 0.1) is 11.6 Å². The highest BCUT2D eigenvalue weighted by Crippen LogP contribution is 2.33. The third-order valence-electron chi connectivity index (χ3n) is 5.28. The zero-order chi connectivity index (χ0) is 23.5. The van der Waals surface area contributed by atoms with Gasteiger partial charge >= 0.3 is 0 Å². The monoisotopic (exact) mass is 472 g/mol. The van der Waals surface area contributed by atoms with Gasteiger partial charge < -0.3 is 19.8 Å². The van der Waals surface area contributed by atoms with Gasteiger partial charge in [-0.25, -0.2) is 18.7 Å². The van der Waals surface area contributed by atoms with Crippen LogP contribution < -0.4 is 14.8 Å². The Morgan fingerprint density at radius 2 is 1.97 bits per heavy atom. The Balaban J connectivity index is 1.56. The molecule has 33 heavy (non-hydrogen) atoms. The van der Waals surface area contributed by atoms with Crippen LogP contribution in [0.4, 0.5) is 14.5 Å². The fourth-order valence-corrected chi connectivity index (χ4v) is 3.89. The number of aromatic nitrogens is 3. The van der Waals surface area contributed by atoms with Crippen molar-refractivity contribution in [1.82, 2.24) is 15.0 Å². The Kier molecular flexibility index (Phi) is 6.65. The lowest BCUT2D eigenvalue weighted by Gasteiger charge is -2.17. The number of aromatic amines is 1. The van der Waals surface area contributed by atoms with Gasteiger partial charge in [0, 0.05) is 35.5 Å². The second kappa shape index (κ2) is 9.62. The van der Waals surface area contributed by atoms with E-state index in [1.165, 1.54) is 25.4 Å². The third-order valence-corrected chi connectivity index (χ3v) is 5.49. The van der Waals surface area contributed by atoms with Crippen LogP contribution in [0.2, 0.25) is 5.02 Å². The van der Waals surface area contributed by atoms with Gasteiger partial charge in [0.25, 0.3) is 0 Å². The molecule has 0 unspecified atom stereocenters. The van der Waals surface area contributed by atoms with E-state index < -0.39 is 11.6 Å². The number of nitrogens with zero attached hydrogens (tertiary/aromatic N) is 2. The lowest BCUT2D eigenvalue weighted by atomic mass is 10.0. The Bertz CT molecular complexity index is 1290. The van der Waals surface area contributed by atoms with Crippen LogP contribution >= 0.6 is 11.6 Å². The van der Waals surface area contributed by atoms with Gasteiger partial charge in [-0.3, -0.25) is 0 Å². The van der Waals surface area contributed by atoms with E-state index >= 15 is 4.39 Å². The van der Waals surface area contributed by atoms with Crippen molar-refractivity contribution in [3.63, 3.8) is 0 Å². The van der Waals surface area contributed by atoms with Crippen LogP contribution in [-0.2, 0) is 13.2 Å². The number of anilines is 1. The van der Waals surface area contributed by atoms with Crippen LogP contribution in [-0.4, -0.2) is 22.1 Å². The number of fused-ring (bicyclic) bond motifs is 1. The molecule has 0 aliphatic rings. The highest BCUT2D eigenvalue weighted by Gasteiger charge is 2.18. The molecule has 0 bridgehead atoms. The van der Waals surface area contributed by atoms with E-state index in [0.29, 0.717) is 22.2 Å². The molecule has 0 aliphatic carbocycles. The Morgan fingerprint density at radius 1 is 1.15 bits per heavy atom. The predicted molar refractivity (Wildman–Crippen MR) is 124 cm³/mol. The zero-order valence-corrected chi connectivity index (χ0v) is 19.1. The molecule has 0 saturated carbocycles. The van der Waals surface area contributed by atoms with Crippen molar-refractivity contribution in [2.75, 3.05) is 12.4 Å². The van der Waals surface area contributed by atoms with Gasteiger partial charge in [0.05, 0.1) is 29.6 Å². The summed E-state index contributed by atoms with van der Waals surface area (Å²) in [6.45, 7) is 3.95. The standard InChI is InChI=1S/C24H23ClF2N4O2/c1-13(2)21-16-6-7-28-23(16)30-11-20(21)33-12-17-18(26)4-5-19(22(17)27)29-9-14-8-15(25)10-31-24(14)32-3/h4-8,10-11,13,29H,9,12H2,1-3H3,(H,28,30). The number of benzene rings is 1. The van der Waals surface area contributed by atoms with E-state index in [2.05, 4.69) is 20.3 Å². The Morgan fingerprint density at radius 3 is 2.73 bits per heavy atom. The topological polar surface area (TPSA) is 72.1 Å². The molecule has 172 valence electrons. The number of ether oxygens (including phenoxy) is 2. The average Bonchev–Trinajstić information content (AvgIpc) is 3.26. The van der Waals surface area contributed by atoms with Crippen LogP contribution in [0.5, 0.6) is 11.6 Å². The first-order chi connectivity index (χ1) is 15.9. The summed E-state index contributed by atoms with van der Waals surface area (Å²) in [6, 6.07) is 6.12. The summed E-state index contributed by atoms with van der Waals surface area (Å²) in [5, 5.41) is 4.30. The molecule has 0 amide bonds. The van der Waals surface area contributed by atoms with Crippen molar-refractivity contribution < 1.29 is 18.3 Å². The number of pyridine rings is 2. The van der Waals surface area contributed by atoms with Gasteiger partial charge in [-0.15, -0.1) is 0 Å². The second-order valence-electron chi connectivity index (χ2n) is 7.78. The van der Waals surface area contributed by atoms with Crippen LogP contribution in [0.25, 0.3) is 11.0 Å². The molecule has 4 aromatic rings. The van der Waals surface area contributed by atoms with Crippen molar-refractivity contribution in [3.05, 3.63) is 76.2 Å². The summed E-state index contributed by atoms with van der Waals surface area (Å²) < 4.78 is 40.8. The third kappa shape index (κ3) is 4.71. The molecule has 1 aromatic carbocycles. The van der Waals surface area contributed by atoms with Gasteiger partial charge in [-0.2, -0.15) is 0 Å². The number of methoxy groups -OCH3 is 1. The fourth-order valence-electron chi connectivity index (χ4n) is 3.71. The largest absolute Gasteiger partial charge is 0.487 e. The number of hydrogen-bond acceptors (Lipinski definition) is 5. The maximum Gasteiger partial charge on any atom is 0.218 e. The van der Waals surface area contributed by atoms with E-state index in [1.807, 2.05) is 19.9 Å².